The lowest BCUT2D eigenvalue weighted by molar-refractivity contribution is -0.162. The molecule has 2 saturated carbocycles. The minimum absolute atomic E-state index is 0.153. The molecule has 0 aromatic heterocycles. The largest absolute Gasteiger partial charge is 0.466 e. The maximum Gasteiger partial charge on any atom is 0.302 e. The quantitative estimate of drug-likeness (QED) is 0.734. The summed E-state index contributed by atoms with van der Waals surface area (Å²) in [6, 6.07) is 0. The van der Waals surface area contributed by atoms with Crippen molar-refractivity contribution in [2.24, 2.45) is 28.6 Å². The standard InChI is InChI=1S/C19H32O4/c1-13(20)22-11-15-7-8-17-18(3,4)9-6-10-19(17,5)16(15)12-23-14(2)21/h15-17H,6-12H2,1-5H3/t15-,16+,17+,19+/m1/s1. The predicted octanol–water partition coefficient (Wildman–Crippen LogP) is 3.97. The van der Waals surface area contributed by atoms with Crippen molar-refractivity contribution in [2.75, 3.05) is 13.2 Å². The molecule has 0 heterocycles. The second kappa shape index (κ2) is 6.82. The number of rotatable bonds is 4. The lowest BCUT2D eigenvalue weighted by atomic mass is 9.46. The molecule has 2 aliphatic rings. The zero-order chi connectivity index (χ0) is 17.3. The first kappa shape index (κ1) is 18.3. The van der Waals surface area contributed by atoms with Crippen molar-refractivity contribution < 1.29 is 19.1 Å². The average molecular weight is 324 g/mol. The molecule has 0 N–H and O–H groups in total. The summed E-state index contributed by atoms with van der Waals surface area (Å²) in [6.45, 7) is 10.9. The van der Waals surface area contributed by atoms with Gasteiger partial charge in [0.05, 0.1) is 13.2 Å². The number of esters is 2. The number of fused-ring (bicyclic) bond motifs is 1. The minimum Gasteiger partial charge on any atom is -0.466 e. The maximum atomic E-state index is 11.3. The Morgan fingerprint density at radius 1 is 0.957 bits per heavy atom. The third kappa shape index (κ3) is 3.89. The van der Waals surface area contributed by atoms with Gasteiger partial charge in [-0.05, 0) is 48.3 Å². The Morgan fingerprint density at radius 3 is 2.17 bits per heavy atom. The molecular formula is C19H32O4. The first-order valence-corrected chi connectivity index (χ1v) is 8.93. The van der Waals surface area contributed by atoms with Crippen molar-refractivity contribution in [3.05, 3.63) is 0 Å². The Balaban J connectivity index is 2.23. The summed E-state index contributed by atoms with van der Waals surface area (Å²) in [4.78, 5) is 22.6. The van der Waals surface area contributed by atoms with Gasteiger partial charge in [0.25, 0.3) is 0 Å². The highest BCUT2D eigenvalue weighted by Crippen LogP contribution is 2.61. The van der Waals surface area contributed by atoms with Crippen molar-refractivity contribution in [3.8, 4) is 0 Å². The van der Waals surface area contributed by atoms with Crippen LogP contribution < -0.4 is 0 Å². The van der Waals surface area contributed by atoms with Crippen LogP contribution in [0.3, 0.4) is 0 Å². The fraction of sp³-hybridized carbons (Fsp3) is 0.895. The summed E-state index contributed by atoms with van der Waals surface area (Å²) < 4.78 is 10.7. The van der Waals surface area contributed by atoms with Crippen LogP contribution in [0.2, 0.25) is 0 Å². The van der Waals surface area contributed by atoms with E-state index in [4.69, 9.17) is 9.47 Å². The number of carbonyl (C=O) groups is 2. The van der Waals surface area contributed by atoms with Crippen LogP contribution >= 0.6 is 0 Å². The molecule has 0 unspecified atom stereocenters. The molecule has 0 aromatic carbocycles. The van der Waals surface area contributed by atoms with Gasteiger partial charge in [0, 0.05) is 19.8 Å². The molecule has 0 aliphatic heterocycles. The van der Waals surface area contributed by atoms with E-state index in [1.165, 1.54) is 39.5 Å². The molecule has 4 nitrogen and oxygen atoms in total. The lowest BCUT2D eigenvalue weighted by Gasteiger charge is -2.59. The van der Waals surface area contributed by atoms with Crippen molar-refractivity contribution >= 4 is 11.9 Å². The second-order valence-corrected chi connectivity index (χ2v) is 8.45. The van der Waals surface area contributed by atoms with E-state index >= 15 is 0 Å². The van der Waals surface area contributed by atoms with E-state index in [9.17, 15) is 9.59 Å². The molecule has 0 spiro atoms. The topological polar surface area (TPSA) is 52.6 Å². The van der Waals surface area contributed by atoms with Crippen LogP contribution in [0.15, 0.2) is 0 Å². The van der Waals surface area contributed by atoms with E-state index in [0.29, 0.717) is 24.5 Å². The van der Waals surface area contributed by atoms with Gasteiger partial charge >= 0.3 is 11.9 Å². The zero-order valence-electron chi connectivity index (χ0n) is 15.3. The summed E-state index contributed by atoms with van der Waals surface area (Å²) in [6.07, 6.45) is 5.87. The van der Waals surface area contributed by atoms with Crippen LogP contribution in [0, 0.1) is 28.6 Å². The minimum atomic E-state index is -0.229. The van der Waals surface area contributed by atoms with E-state index in [1.54, 1.807) is 0 Å². The van der Waals surface area contributed by atoms with Gasteiger partial charge in [-0.3, -0.25) is 9.59 Å². The molecule has 23 heavy (non-hydrogen) atoms. The molecule has 0 bridgehead atoms. The third-order valence-electron chi connectivity index (χ3n) is 6.48. The SMILES string of the molecule is CC(=O)OC[C@H]1CC[C@H]2C(C)(C)CCC[C@@]2(C)[C@H]1COC(C)=O. The maximum absolute atomic E-state index is 11.3. The Hall–Kier alpha value is -1.06. The van der Waals surface area contributed by atoms with Crippen molar-refractivity contribution in [1.29, 1.82) is 0 Å². The molecule has 2 aliphatic carbocycles. The molecule has 4 atom stereocenters. The Bertz CT molecular complexity index is 456. The molecular weight excluding hydrogens is 292 g/mol. The summed E-state index contributed by atoms with van der Waals surface area (Å²) in [5.41, 5.74) is 0.480. The van der Waals surface area contributed by atoms with E-state index in [-0.39, 0.29) is 29.2 Å². The summed E-state index contributed by atoms with van der Waals surface area (Å²) >= 11 is 0. The van der Waals surface area contributed by atoms with Crippen LogP contribution in [0.5, 0.6) is 0 Å². The van der Waals surface area contributed by atoms with Crippen molar-refractivity contribution in [1.82, 2.24) is 0 Å². The van der Waals surface area contributed by atoms with Crippen molar-refractivity contribution in [2.45, 2.75) is 66.7 Å². The number of carbonyl (C=O) groups excluding carboxylic acids is 2. The van der Waals surface area contributed by atoms with Gasteiger partial charge < -0.3 is 9.47 Å². The second-order valence-electron chi connectivity index (χ2n) is 8.45. The number of hydrogen-bond acceptors (Lipinski definition) is 4. The molecule has 132 valence electrons. The normalized spacial score (nSPS) is 36.0. The van der Waals surface area contributed by atoms with Gasteiger partial charge in [0.2, 0.25) is 0 Å². The van der Waals surface area contributed by atoms with Gasteiger partial charge in [-0.15, -0.1) is 0 Å². The fourth-order valence-corrected chi connectivity index (χ4v) is 5.41. The molecule has 0 amide bonds. The van der Waals surface area contributed by atoms with Gasteiger partial charge in [-0.1, -0.05) is 27.2 Å². The van der Waals surface area contributed by atoms with E-state index in [0.717, 1.165) is 6.42 Å². The smallest absolute Gasteiger partial charge is 0.302 e. The van der Waals surface area contributed by atoms with Crippen LogP contribution in [0.4, 0.5) is 0 Å². The summed E-state index contributed by atoms with van der Waals surface area (Å²) in [7, 11) is 0. The van der Waals surface area contributed by atoms with Crippen molar-refractivity contribution in [3.63, 3.8) is 0 Å². The molecule has 0 radical (unpaired) electrons. The number of hydrogen-bond donors (Lipinski definition) is 0. The van der Waals surface area contributed by atoms with Crippen LogP contribution in [-0.2, 0) is 19.1 Å². The highest BCUT2D eigenvalue weighted by molar-refractivity contribution is 5.66. The lowest BCUT2D eigenvalue weighted by Crippen LogP contribution is -2.53. The summed E-state index contributed by atoms with van der Waals surface area (Å²) in [5.74, 6) is 0.736. The van der Waals surface area contributed by atoms with E-state index < -0.39 is 0 Å². The third-order valence-corrected chi connectivity index (χ3v) is 6.48. The zero-order valence-corrected chi connectivity index (χ0v) is 15.3. The molecule has 2 fully saturated rings. The first-order valence-electron chi connectivity index (χ1n) is 8.93. The predicted molar refractivity (Wildman–Crippen MR) is 88.7 cm³/mol. The van der Waals surface area contributed by atoms with Gasteiger partial charge in [0.15, 0.2) is 0 Å². The Morgan fingerprint density at radius 2 is 1.57 bits per heavy atom. The van der Waals surface area contributed by atoms with Crippen LogP contribution in [0.25, 0.3) is 0 Å². The van der Waals surface area contributed by atoms with Gasteiger partial charge in [0.1, 0.15) is 0 Å². The summed E-state index contributed by atoms with van der Waals surface area (Å²) in [5, 5.41) is 0. The molecule has 0 aromatic rings. The molecule has 4 heteroatoms. The van der Waals surface area contributed by atoms with E-state index in [2.05, 4.69) is 20.8 Å². The highest BCUT2D eigenvalue weighted by Gasteiger charge is 2.55. The van der Waals surface area contributed by atoms with Crippen LogP contribution in [0.1, 0.15) is 66.7 Å². The van der Waals surface area contributed by atoms with Crippen LogP contribution in [-0.4, -0.2) is 25.2 Å². The first-order chi connectivity index (χ1) is 10.7. The molecule has 0 saturated heterocycles. The average Bonchev–Trinajstić information content (AvgIpc) is 2.42. The van der Waals surface area contributed by atoms with Gasteiger partial charge in [-0.25, -0.2) is 0 Å². The monoisotopic (exact) mass is 324 g/mol. The van der Waals surface area contributed by atoms with E-state index in [1.807, 2.05) is 0 Å². The Labute approximate surface area is 140 Å². The Kier molecular flexibility index (Phi) is 5.42. The fourth-order valence-electron chi connectivity index (χ4n) is 5.41. The highest BCUT2D eigenvalue weighted by atomic mass is 16.5. The molecule has 2 rings (SSSR count). The van der Waals surface area contributed by atoms with Gasteiger partial charge in [-0.2, -0.15) is 0 Å². The number of ether oxygens (including phenoxy) is 2.